The van der Waals surface area contributed by atoms with E-state index >= 15 is 0 Å². The van der Waals surface area contributed by atoms with Gasteiger partial charge in [-0.2, -0.15) is 0 Å². The van der Waals surface area contributed by atoms with Crippen LogP contribution in [0.15, 0.2) is 97.1 Å². The number of nitrogens with two attached hydrogens (primary N) is 2. The second kappa shape index (κ2) is 9.42. The van der Waals surface area contributed by atoms with Gasteiger partial charge in [0.15, 0.2) is 0 Å². The van der Waals surface area contributed by atoms with E-state index < -0.39 is 11.3 Å². The fraction of sp³-hybridized carbons (Fsp3) is 0. The normalized spacial score (nSPS) is 11.5. The van der Waals surface area contributed by atoms with Crippen LogP contribution in [0, 0.1) is 0 Å². The summed E-state index contributed by atoms with van der Waals surface area (Å²) in [5, 5.41) is 0. The zero-order valence-electron chi connectivity index (χ0n) is 16.9. The molecule has 32 heavy (non-hydrogen) atoms. The topological polar surface area (TPSA) is 111 Å². The van der Waals surface area contributed by atoms with Gasteiger partial charge in [-0.05, 0) is 72.8 Å². The molecule has 5 N–H and O–H groups in total. The maximum absolute atomic E-state index is 12.1. The highest BCUT2D eigenvalue weighted by Crippen LogP contribution is 2.32. The summed E-state index contributed by atoms with van der Waals surface area (Å²) in [6.45, 7) is 0. The van der Waals surface area contributed by atoms with Gasteiger partial charge in [0.25, 0.3) is 11.3 Å². The van der Waals surface area contributed by atoms with Crippen LogP contribution in [0.25, 0.3) is 0 Å². The van der Waals surface area contributed by atoms with E-state index in [9.17, 15) is 8.76 Å². The fourth-order valence-electron chi connectivity index (χ4n) is 3.06. The summed E-state index contributed by atoms with van der Waals surface area (Å²) < 4.78 is 34.8. The predicted octanol–water partition coefficient (Wildman–Crippen LogP) is 5.71. The third kappa shape index (κ3) is 5.18. The van der Waals surface area contributed by atoms with Crippen LogP contribution in [0.4, 0.5) is 22.7 Å². The van der Waals surface area contributed by atoms with E-state index in [1.54, 1.807) is 97.1 Å². The summed E-state index contributed by atoms with van der Waals surface area (Å²) >= 11 is -2.28. The predicted molar refractivity (Wildman–Crippen MR) is 128 cm³/mol. The Kier molecular flexibility index (Phi) is 6.25. The average molecular weight is 448 g/mol. The van der Waals surface area contributed by atoms with Crippen molar-refractivity contribution in [2.24, 2.45) is 0 Å². The molecule has 8 heteroatoms. The van der Waals surface area contributed by atoms with Crippen molar-refractivity contribution in [2.45, 2.75) is 0 Å². The van der Waals surface area contributed by atoms with Gasteiger partial charge in [-0.15, -0.1) is 0 Å². The van der Waals surface area contributed by atoms with Crippen molar-refractivity contribution >= 4 is 34.0 Å². The van der Waals surface area contributed by atoms with Gasteiger partial charge in [-0.25, -0.2) is 8.51 Å². The molecule has 4 aromatic carbocycles. The lowest BCUT2D eigenvalue weighted by molar-refractivity contribution is 0.483. The first-order valence-corrected chi connectivity index (χ1v) is 10.7. The van der Waals surface area contributed by atoms with Crippen molar-refractivity contribution in [2.75, 3.05) is 15.8 Å². The lowest BCUT2D eigenvalue weighted by Gasteiger charge is -2.20. The Morgan fingerprint density at radius 3 is 1.38 bits per heavy atom. The second-order valence-electron chi connectivity index (χ2n) is 6.86. The van der Waals surface area contributed by atoms with Crippen LogP contribution in [0.2, 0.25) is 0 Å². The minimum Gasteiger partial charge on any atom is -0.457 e. The van der Waals surface area contributed by atoms with Gasteiger partial charge in [0, 0.05) is 23.5 Å². The number of ether oxygens (including phenoxy) is 2. The Labute approximate surface area is 188 Å². The van der Waals surface area contributed by atoms with Crippen molar-refractivity contribution < 1.29 is 18.2 Å². The molecule has 0 amide bonds. The average Bonchev–Trinajstić information content (AvgIpc) is 2.76. The Morgan fingerprint density at radius 2 is 1.03 bits per heavy atom. The molecule has 1 unspecified atom stereocenters. The Balaban J connectivity index is 1.51. The molecule has 0 saturated carbocycles. The highest BCUT2D eigenvalue weighted by atomic mass is 32.2. The maximum atomic E-state index is 12.1. The van der Waals surface area contributed by atoms with Gasteiger partial charge in [0.05, 0.1) is 11.4 Å². The molecule has 7 nitrogen and oxygen atoms in total. The quantitative estimate of drug-likeness (QED) is 0.247. The van der Waals surface area contributed by atoms with Crippen molar-refractivity contribution in [1.29, 1.82) is 0 Å². The van der Waals surface area contributed by atoms with Crippen LogP contribution in [0.3, 0.4) is 0 Å². The third-order valence-electron chi connectivity index (χ3n) is 4.49. The summed E-state index contributed by atoms with van der Waals surface area (Å²) in [6.07, 6.45) is 0. The van der Waals surface area contributed by atoms with E-state index in [0.29, 0.717) is 45.7 Å². The van der Waals surface area contributed by atoms with Crippen LogP contribution in [-0.2, 0) is 11.3 Å². The molecule has 0 aliphatic carbocycles. The Hall–Kier alpha value is -4.01. The zero-order valence-corrected chi connectivity index (χ0v) is 17.7. The van der Waals surface area contributed by atoms with Gasteiger partial charge in [-0.3, -0.25) is 4.55 Å². The number of anilines is 4. The Bertz CT molecular complexity index is 1140. The van der Waals surface area contributed by atoms with Crippen LogP contribution in [0.1, 0.15) is 0 Å². The van der Waals surface area contributed by atoms with Gasteiger partial charge < -0.3 is 20.9 Å². The third-order valence-corrected chi connectivity index (χ3v) is 5.22. The molecule has 0 bridgehead atoms. The molecule has 4 rings (SSSR count). The van der Waals surface area contributed by atoms with Crippen LogP contribution in [-0.4, -0.2) is 8.76 Å². The SMILES string of the molecule is Nc1cccc(Oc2ccc(N(c3ccc(Oc4cccc(N)c4)cc3)S(=O)O)cc2)c1. The summed E-state index contributed by atoms with van der Waals surface area (Å²) in [5.74, 6) is 2.37. The molecule has 0 aliphatic rings. The summed E-state index contributed by atoms with van der Waals surface area (Å²) in [6, 6.07) is 27.9. The highest BCUT2D eigenvalue weighted by molar-refractivity contribution is 7.81. The van der Waals surface area contributed by atoms with Crippen molar-refractivity contribution in [1.82, 2.24) is 0 Å². The monoisotopic (exact) mass is 447 g/mol. The molecule has 0 heterocycles. The Morgan fingerprint density at radius 1 is 0.625 bits per heavy atom. The van der Waals surface area contributed by atoms with Gasteiger partial charge in [-0.1, -0.05) is 12.1 Å². The number of hydrogen-bond donors (Lipinski definition) is 3. The van der Waals surface area contributed by atoms with E-state index in [0.717, 1.165) is 0 Å². The molecule has 0 radical (unpaired) electrons. The minimum atomic E-state index is -2.28. The molecule has 0 aromatic heterocycles. The van der Waals surface area contributed by atoms with E-state index in [-0.39, 0.29) is 0 Å². The van der Waals surface area contributed by atoms with Gasteiger partial charge in [0.1, 0.15) is 23.0 Å². The van der Waals surface area contributed by atoms with Crippen LogP contribution >= 0.6 is 0 Å². The largest absolute Gasteiger partial charge is 0.457 e. The molecular weight excluding hydrogens is 426 g/mol. The van der Waals surface area contributed by atoms with Crippen molar-refractivity contribution in [3.05, 3.63) is 97.1 Å². The standard InChI is InChI=1S/C24H21N3O4S/c25-17-3-1-5-23(15-17)30-21-11-7-19(8-12-21)27(32(28)29)20-9-13-22(14-10-20)31-24-6-2-4-18(26)16-24/h1-16H,25-26H2,(H,28,29). The molecule has 0 fully saturated rings. The second-order valence-corrected chi connectivity index (χ2v) is 7.69. The number of benzene rings is 4. The molecule has 4 aromatic rings. The molecule has 1 atom stereocenters. The lowest BCUT2D eigenvalue weighted by atomic mass is 10.2. The van der Waals surface area contributed by atoms with Crippen LogP contribution < -0.4 is 25.2 Å². The summed E-state index contributed by atoms with van der Waals surface area (Å²) in [5.41, 5.74) is 13.8. The van der Waals surface area contributed by atoms with Crippen molar-refractivity contribution in [3.63, 3.8) is 0 Å². The van der Waals surface area contributed by atoms with Gasteiger partial charge >= 0.3 is 0 Å². The highest BCUT2D eigenvalue weighted by Gasteiger charge is 2.15. The molecule has 162 valence electrons. The molecule has 0 saturated heterocycles. The number of nitrogen functional groups attached to an aromatic ring is 2. The van der Waals surface area contributed by atoms with Crippen LogP contribution in [0.5, 0.6) is 23.0 Å². The summed E-state index contributed by atoms with van der Waals surface area (Å²) in [4.78, 5) is 0. The smallest absolute Gasteiger partial charge is 0.266 e. The maximum Gasteiger partial charge on any atom is 0.266 e. The molecular formula is C24H21N3O4S. The lowest BCUT2D eigenvalue weighted by Crippen LogP contribution is -2.19. The fourth-order valence-corrected chi connectivity index (χ4v) is 3.66. The van der Waals surface area contributed by atoms with E-state index in [1.807, 2.05) is 0 Å². The van der Waals surface area contributed by atoms with Crippen molar-refractivity contribution in [3.8, 4) is 23.0 Å². The first-order valence-electron chi connectivity index (χ1n) is 9.66. The first-order chi connectivity index (χ1) is 15.5. The van der Waals surface area contributed by atoms with E-state index in [4.69, 9.17) is 20.9 Å². The van der Waals surface area contributed by atoms with E-state index in [2.05, 4.69) is 0 Å². The zero-order chi connectivity index (χ0) is 22.5. The van der Waals surface area contributed by atoms with Gasteiger partial charge in [0.2, 0.25) is 0 Å². The molecule has 0 aliphatic heterocycles. The number of nitrogens with zero attached hydrogens (tertiary/aromatic N) is 1. The van der Waals surface area contributed by atoms with E-state index in [1.165, 1.54) is 4.31 Å². The number of hydrogen-bond acceptors (Lipinski definition) is 5. The number of rotatable bonds is 7. The summed E-state index contributed by atoms with van der Waals surface area (Å²) in [7, 11) is 0. The first kappa shape index (κ1) is 21.2. The molecule has 0 spiro atoms. The minimum absolute atomic E-state index is 0.523.